The zero-order valence-electron chi connectivity index (χ0n) is 11.6. The van der Waals surface area contributed by atoms with Crippen LogP contribution in [0.3, 0.4) is 0 Å². The van der Waals surface area contributed by atoms with Crippen molar-refractivity contribution in [1.82, 2.24) is 4.90 Å². The monoisotopic (exact) mass is 288 g/mol. The molecule has 1 aromatic rings. The Morgan fingerprint density at radius 2 is 2.19 bits per heavy atom. The van der Waals surface area contributed by atoms with Crippen molar-refractivity contribution in [2.75, 3.05) is 6.61 Å². The smallest absolute Gasteiger partial charge is 0.249 e. The maximum absolute atomic E-state index is 12.2. The summed E-state index contributed by atoms with van der Waals surface area (Å²) in [4.78, 5) is 24.4. The Balaban J connectivity index is 1.91. The van der Waals surface area contributed by atoms with E-state index in [1.54, 1.807) is 17.9 Å². The summed E-state index contributed by atoms with van der Waals surface area (Å²) in [5.74, 6) is -0.156. The molecule has 0 aliphatic carbocycles. The third-order valence-electron chi connectivity index (χ3n) is 4.07. The van der Waals surface area contributed by atoms with Gasteiger partial charge in [-0.05, 0) is 0 Å². The Hall–Kier alpha value is -2.21. The van der Waals surface area contributed by atoms with Gasteiger partial charge >= 0.3 is 0 Å². The van der Waals surface area contributed by atoms with Crippen molar-refractivity contribution in [3.8, 4) is 0 Å². The molecule has 0 bridgehead atoms. The summed E-state index contributed by atoms with van der Waals surface area (Å²) in [6, 6.07) is 8.71. The number of hydrogen-bond acceptors (Lipinski definition) is 4. The molecule has 2 aliphatic heterocycles. The van der Waals surface area contributed by atoms with Gasteiger partial charge in [0.1, 0.15) is 0 Å². The summed E-state index contributed by atoms with van der Waals surface area (Å²) < 4.78 is 5.79. The molecule has 1 aromatic carbocycles. The van der Waals surface area contributed by atoms with Gasteiger partial charge in [0.15, 0.2) is 6.23 Å². The van der Waals surface area contributed by atoms with E-state index in [9.17, 15) is 14.9 Å². The fraction of sp³-hybridized carbons (Fsp3) is 0.400. The lowest BCUT2D eigenvalue weighted by molar-refractivity contribution is -0.520. The van der Waals surface area contributed by atoms with Crippen molar-refractivity contribution in [1.29, 1.82) is 0 Å². The number of amides is 1. The number of benzene rings is 1. The minimum absolute atomic E-state index is 0.156. The molecule has 1 unspecified atom stereocenters. The summed E-state index contributed by atoms with van der Waals surface area (Å²) in [7, 11) is 0. The van der Waals surface area contributed by atoms with E-state index < -0.39 is 17.8 Å². The van der Waals surface area contributed by atoms with E-state index in [-0.39, 0.29) is 23.9 Å². The second kappa shape index (κ2) is 4.96. The van der Waals surface area contributed by atoms with Gasteiger partial charge in [0.25, 0.3) is 0 Å². The molecule has 0 spiro atoms. The van der Waals surface area contributed by atoms with Gasteiger partial charge in [0.2, 0.25) is 11.9 Å². The van der Waals surface area contributed by atoms with Crippen LogP contribution in [0.2, 0.25) is 0 Å². The molecule has 0 aromatic heterocycles. The van der Waals surface area contributed by atoms with Crippen LogP contribution < -0.4 is 0 Å². The van der Waals surface area contributed by atoms with Crippen molar-refractivity contribution in [2.24, 2.45) is 0 Å². The Morgan fingerprint density at radius 3 is 2.86 bits per heavy atom. The number of nitro groups is 1. The molecule has 1 fully saturated rings. The van der Waals surface area contributed by atoms with Crippen LogP contribution in [-0.4, -0.2) is 33.9 Å². The van der Waals surface area contributed by atoms with Crippen molar-refractivity contribution in [3.63, 3.8) is 0 Å². The molecular formula is C15H16N2O4. The third-order valence-corrected chi connectivity index (χ3v) is 4.07. The van der Waals surface area contributed by atoms with Crippen LogP contribution in [0.25, 0.3) is 0 Å². The van der Waals surface area contributed by atoms with Crippen molar-refractivity contribution in [2.45, 2.75) is 31.2 Å². The Bertz CT molecular complexity index is 601. The highest BCUT2D eigenvalue weighted by Gasteiger charge is 2.53. The molecule has 0 N–H and O–H groups in total. The van der Waals surface area contributed by atoms with Gasteiger partial charge in [-0.15, -0.1) is 0 Å². The molecule has 1 amide bonds. The Kier molecular flexibility index (Phi) is 3.25. The molecule has 6 nitrogen and oxygen atoms in total. The first-order valence-corrected chi connectivity index (χ1v) is 6.86. The van der Waals surface area contributed by atoms with Crippen molar-refractivity contribution >= 4 is 5.91 Å². The summed E-state index contributed by atoms with van der Waals surface area (Å²) in [5, 5.41) is 10.9. The van der Waals surface area contributed by atoms with Gasteiger partial charge in [0.05, 0.1) is 12.1 Å². The first-order chi connectivity index (χ1) is 10.0. The van der Waals surface area contributed by atoms with Gasteiger partial charge in [-0.1, -0.05) is 36.4 Å². The van der Waals surface area contributed by atoms with Crippen LogP contribution in [0.4, 0.5) is 0 Å². The number of rotatable bonds is 4. The summed E-state index contributed by atoms with van der Waals surface area (Å²) in [6.45, 7) is 1.84. The van der Waals surface area contributed by atoms with E-state index in [4.69, 9.17) is 4.74 Å². The molecule has 3 rings (SSSR count). The van der Waals surface area contributed by atoms with Crippen LogP contribution in [0.15, 0.2) is 42.5 Å². The lowest BCUT2D eigenvalue weighted by Gasteiger charge is -2.32. The highest BCUT2D eigenvalue weighted by atomic mass is 16.6. The zero-order chi connectivity index (χ0) is 15.0. The van der Waals surface area contributed by atoms with E-state index in [1.807, 2.05) is 30.3 Å². The standard InChI is InChI=1S/C15H16N2O4/c1-11(17(19)20)9-15-8-7-13(18)16(15)14(21-10-15)12-5-3-2-4-6-12/h2-8,11,14H,9-10H2,1H3/t11?,14-,15-/m1/s1. The second-order valence-corrected chi connectivity index (χ2v) is 5.56. The predicted octanol–water partition coefficient (Wildman–Crippen LogP) is 1.91. The summed E-state index contributed by atoms with van der Waals surface area (Å²) >= 11 is 0. The van der Waals surface area contributed by atoms with E-state index in [2.05, 4.69) is 0 Å². The van der Waals surface area contributed by atoms with Crippen molar-refractivity contribution < 1.29 is 14.5 Å². The Morgan fingerprint density at radius 1 is 1.48 bits per heavy atom. The number of ether oxygens (including phenoxy) is 1. The number of hydrogen-bond donors (Lipinski definition) is 0. The molecule has 0 radical (unpaired) electrons. The molecule has 21 heavy (non-hydrogen) atoms. The SMILES string of the molecule is CC(C[C@@]12C=CC(=O)N1[C@@H](c1ccccc1)OC2)[N+](=O)[O-]. The summed E-state index contributed by atoms with van der Waals surface area (Å²) in [5.41, 5.74) is 0.176. The molecule has 2 aliphatic rings. The molecule has 3 atom stereocenters. The maximum Gasteiger partial charge on any atom is 0.249 e. The molecular weight excluding hydrogens is 272 g/mol. The predicted molar refractivity (Wildman–Crippen MR) is 74.9 cm³/mol. The summed E-state index contributed by atoms with van der Waals surface area (Å²) in [6.07, 6.45) is 3.02. The van der Waals surface area contributed by atoms with Crippen LogP contribution in [0.1, 0.15) is 25.1 Å². The lowest BCUT2D eigenvalue weighted by Crippen LogP contribution is -2.46. The first-order valence-electron chi connectivity index (χ1n) is 6.86. The third kappa shape index (κ3) is 2.21. The second-order valence-electron chi connectivity index (χ2n) is 5.56. The number of nitrogens with zero attached hydrogens (tertiary/aromatic N) is 2. The molecule has 2 heterocycles. The minimum atomic E-state index is -0.735. The molecule has 110 valence electrons. The maximum atomic E-state index is 12.2. The van der Waals surface area contributed by atoms with Gasteiger partial charge in [-0.2, -0.15) is 0 Å². The first kappa shape index (κ1) is 13.8. The zero-order valence-corrected chi connectivity index (χ0v) is 11.6. The molecule has 0 saturated carbocycles. The van der Waals surface area contributed by atoms with Gasteiger partial charge in [-0.3, -0.25) is 19.8 Å². The number of carbonyl (C=O) groups excluding carboxylic acids is 1. The lowest BCUT2D eigenvalue weighted by atomic mass is 9.92. The van der Waals surface area contributed by atoms with E-state index in [0.717, 1.165) is 5.56 Å². The van der Waals surface area contributed by atoms with Gasteiger partial charge < -0.3 is 4.74 Å². The topological polar surface area (TPSA) is 72.7 Å². The van der Waals surface area contributed by atoms with Gasteiger partial charge in [-0.25, -0.2) is 0 Å². The minimum Gasteiger partial charge on any atom is -0.351 e. The van der Waals surface area contributed by atoms with Crippen LogP contribution in [0.5, 0.6) is 0 Å². The fourth-order valence-electron chi connectivity index (χ4n) is 3.05. The average Bonchev–Trinajstić information content (AvgIpc) is 2.98. The van der Waals surface area contributed by atoms with Crippen LogP contribution in [-0.2, 0) is 9.53 Å². The quantitative estimate of drug-likeness (QED) is 0.626. The number of carbonyl (C=O) groups is 1. The molecule has 6 heteroatoms. The average molecular weight is 288 g/mol. The Labute approximate surface area is 122 Å². The highest BCUT2D eigenvalue weighted by Crippen LogP contribution is 2.43. The van der Waals surface area contributed by atoms with Crippen LogP contribution in [0, 0.1) is 10.1 Å². The van der Waals surface area contributed by atoms with Crippen LogP contribution >= 0.6 is 0 Å². The number of fused-ring (bicyclic) bond motifs is 1. The molecule has 1 saturated heterocycles. The van der Waals surface area contributed by atoms with Crippen molar-refractivity contribution in [3.05, 3.63) is 58.2 Å². The van der Waals surface area contributed by atoms with E-state index in [0.29, 0.717) is 0 Å². The van der Waals surface area contributed by atoms with E-state index in [1.165, 1.54) is 6.08 Å². The highest BCUT2D eigenvalue weighted by molar-refractivity contribution is 5.92. The normalized spacial score (nSPS) is 28.7. The fourth-order valence-corrected chi connectivity index (χ4v) is 3.05. The van der Waals surface area contributed by atoms with E-state index >= 15 is 0 Å². The van der Waals surface area contributed by atoms with Gasteiger partial charge in [0, 0.05) is 29.9 Å². The largest absolute Gasteiger partial charge is 0.351 e.